The Balaban J connectivity index is 3.20. The van der Waals surface area contributed by atoms with E-state index in [0.717, 1.165) is 6.07 Å². The van der Waals surface area contributed by atoms with Gasteiger partial charge in [-0.2, -0.15) is 13.2 Å². The summed E-state index contributed by atoms with van der Waals surface area (Å²) >= 11 is 5.58. The number of alkyl halides is 3. The molecule has 0 aliphatic heterocycles. The van der Waals surface area contributed by atoms with Crippen LogP contribution in [-0.2, 0) is 11.6 Å². The van der Waals surface area contributed by atoms with E-state index in [1.807, 2.05) is 0 Å². The Bertz CT molecular complexity index is 385. The zero-order valence-electron chi connectivity index (χ0n) is 8.90. The lowest BCUT2D eigenvalue weighted by Crippen LogP contribution is -2.22. The van der Waals surface area contributed by atoms with Crippen LogP contribution >= 0.6 is 11.6 Å². The van der Waals surface area contributed by atoms with Crippen molar-refractivity contribution in [2.24, 2.45) is 0 Å². The molecule has 0 saturated carbocycles. The molecule has 0 aliphatic carbocycles. The first kappa shape index (κ1) is 13.3. The van der Waals surface area contributed by atoms with Crippen molar-refractivity contribution in [1.82, 2.24) is 0 Å². The average Bonchev–Trinajstić information content (AvgIpc) is 2.15. The number of rotatable bonds is 2. The molecule has 0 fully saturated rings. The second-order valence-electron chi connectivity index (χ2n) is 4.23. The molecule has 0 bridgehead atoms. The molecule has 16 heavy (non-hydrogen) atoms. The van der Waals surface area contributed by atoms with Gasteiger partial charge in [0.05, 0.1) is 17.2 Å². The Morgan fingerprint density at radius 3 is 2.19 bits per heavy atom. The number of hydrogen-bond acceptors (Lipinski definition) is 1. The Morgan fingerprint density at radius 2 is 1.81 bits per heavy atom. The molecule has 0 unspecified atom stereocenters. The Kier molecular flexibility index (Phi) is 3.55. The molecule has 0 atom stereocenters. The quantitative estimate of drug-likeness (QED) is 0.852. The van der Waals surface area contributed by atoms with Gasteiger partial charge in [0.15, 0.2) is 0 Å². The van der Waals surface area contributed by atoms with E-state index in [4.69, 9.17) is 16.7 Å². The molecule has 5 heteroatoms. The predicted molar refractivity (Wildman–Crippen MR) is 56.6 cm³/mol. The minimum atomic E-state index is -4.45. The van der Waals surface area contributed by atoms with Crippen LogP contribution in [0.2, 0.25) is 5.02 Å². The van der Waals surface area contributed by atoms with Crippen LogP contribution in [0, 0.1) is 0 Å². The van der Waals surface area contributed by atoms with Gasteiger partial charge < -0.3 is 5.11 Å². The van der Waals surface area contributed by atoms with E-state index in [0.29, 0.717) is 5.56 Å². The highest BCUT2D eigenvalue weighted by molar-refractivity contribution is 6.31. The van der Waals surface area contributed by atoms with Gasteiger partial charge in [-0.1, -0.05) is 31.5 Å². The summed E-state index contributed by atoms with van der Waals surface area (Å²) in [6.45, 7) is 3.30. The number of aliphatic hydroxyl groups is 1. The Morgan fingerprint density at radius 1 is 1.25 bits per heavy atom. The van der Waals surface area contributed by atoms with Gasteiger partial charge in [0.2, 0.25) is 0 Å². The van der Waals surface area contributed by atoms with Gasteiger partial charge in [-0.25, -0.2) is 0 Å². The fraction of sp³-hybridized carbons (Fsp3) is 0.455. The number of benzene rings is 1. The van der Waals surface area contributed by atoms with E-state index in [2.05, 4.69) is 0 Å². The lowest BCUT2D eigenvalue weighted by Gasteiger charge is -2.23. The van der Waals surface area contributed by atoms with E-state index < -0.39 is 17.2 Å². The highest BCUT2D eigenvalue weighted by Gasteiger charge is 2.33. The van der Waals surface area contributed by atoms with Gasteiger partial charge in [0.25, 0.3) is 0 Å². The molecule has 0 radical (unpaired) electrons. The molecule has 0 heterocycles. The predicted octanol–water partition coefficient (Wildman–Crippen LogP) is 3.63. The van der Waals surface area contributed by atoms with Crippen molar-refractivity contribution in [2.75, 3.05) is 6.61 Å². The van der Waals surface area contributed by atoms with Gasteiger partial charge >= 0.3 is 6.18 Å². The monoisotopic (exact) mass is 252 g/mol. The fourth-order valence-electron chi connectivity index (χ4n) is 1.26. The highest BCUT2D eigenvalue weighted by atomic mass is 35.5. The summed E-state index contributed by atoms with van der Waals surface area (Å²) in [5, 5.41) is 8.76. The topological polar surface area (TPSA) is 20.2 Å². The summed E-state index contributed by atoms with van der Waals surface area (Å²) in [5.74, 6) is 0. The van der Waals surface area contributed by atoms with Gasteiger partial charge in [0, 0.05) is 5.41 Å². The third kappa shape index (κ3) is 2.68. The summed E-state index contributed by atoms with van der Waals surface area (Å²) in [5.41, 5.74) is -0.882. The van der Waals surface area contributed by atoms with Crippen LogP contribution in [0.4, 0.5) is 13.2 Å². The van der Waals surface area contributed by atoms with E-state index >= 15 is 0 Å². The summed E-state index contributed by atoms with van der Waals surface area (Å²) in [7, 11) is 0. The first-order valence-electron chi connectivity index (χ1n) is 4.66. The van der Waals surface area contributed by atoms with Gasteiger partial charge in [-0.05, 0) is 17.7 Å². The van der Waals surface area contributed by atoms with E-state index in [1.54, 1.807) is 13.8 Å². The van der Waals surface area contributed by atoms with Crippen molar-refractivity contribution in [3.8, 4) is 0 Å². The van der Waals surface area contributed by atoms with Crippen LogP contribution in [0.3, 0.4) is 0 Å². The zero-order valence-corrected chi connectivity index (χ0v) is 9.65. The molecule has 0 aromatic heterocycles. The smallest absolute Gasteiger partial charge is 0.395 e. The molecular weight excluding hydrogens is 241 g/mol. The van der Waals surface area contributed by atoms with Gasteiger partial charge in [-0.15, -0.1) is 0 Å². The van der Waals surface area contributed by atoms with Crippen molar-refractivity contribution in [3.05, 3.63) is 34.3 Å². The second kappa shape index (κ2) is 4.26. The highest BCUT2D eigenvalue weighted by Crippen LogP contribution is 2.36. The van der Waals surface area contributed by atoms with Crippen molar-refractivity contribution in [2.45, 2.75) is 25.4 Å². The van der Waals surface area contributed by atoms with Crippen LogP contribution in [0.5, 0.6) is 0 Å². The molecule has 1 aromatic carbocycles. The fourth-order valence-corrected chi connectivity index (χ4v) is 1.54. The van der Waals surface area contributed by atoms with Crippen molar-refractivity contribution in [1.29, 1.82) is 0 Å². The van der Waals surface area contributed by atoms with E-state index in [1.165, 1.54) is 12.1 Å². The molecule has 0 amide bonds. The van der Waals surface area contributed by atoms with Crippen molar-refractivity contribution < 1.29 is 18.3 Å². The second-order valence-corrected chi connectivity index (χ2v) is 4.64. The minimum absolute atomic E-state index is 0.158. The van der Waals surface area contributed by atoms with Crippen molar-refractivity contribution >= 4 is 11.6 Å². The third-order valence-corrected chi connectivity index (χ3v) is 2.76. The number of aliphatic hydroxyl groups excluding tert-OH is 1. The Labute approximate surface area is 96.9 Å². The summed E-state index contributed by atoms with van der Waals surface area (Å²) < 4.78 is 37.3. The molecule has 90 valence electrons. The summed E-state index contributed by atoms with van der Waals surface area (Å²) in [4.78, 5) is 0. The standard InChI is InChI=1S/C11H12ClF3O/c1-10(2,6-16)7-3-4-8(9(12)5-7)11(13,14)15/h3-5,16H,6H2,1-2H3. The van der Waals surface area contributed by atoms with Gasteiger partial charge in [-0.3, -0.25) is 0 Å². The van der Waals surface area contributed by atoms with Crippen LogP contribution in [0.25, 0.3) is 0 Å². The van der Waals surface area contributed by atoms with Crippen LogP contribution < -0.4 is 0 Å². The maximum absolute atomic E-state index is 12.4. The molecule has 1 nitrogen and oxygen atoms in total. The molecule has 0 spiro atoms. The SMILES string of the molecule is CC(C)(CO)c1ccc(C(F)(F)F)c(Cl)c1. The maximum Gasteiger partial charge on any atom is 0.417 e. The summed E-state index contributed by atoms with van der Waals surface area (Å²) in [6.07, 6.45) is -4.45. The lowest BCUT2D eigenvalue weighted by molar-refractivity contribution is -0.137. The normalized spacial score (nSPS) is 12.9. The lowest BCUT2D eigenvalue weighted by atomic mass is 9.85. The largest absolute Gasteiger partial charge is 0.417 e. The van der Waals surface area contributed by atoms with Crippen LogP contribution in [0.15, 0.2) is 18.2 Å². The van der Waals surface area contributed by atoms with E-state index in [9.17, 15) is 13.2 Å². The molecule has 1 N–H and O–H groups in total. The first-order chi connectivity index (χ1) is 7.18. The molecule has 1 aromatic rings. The molecule has 0 saturated heterocycles. The van der Waals surface area contributed by atoms with E-state index in [-0.39, 0.29) is 11.6 Å². The van der Waals surface area contributed by atoms with Crippen LogP contribution in [-0.4, -0.2) is 11.7 Å². The first-order valence-corrected chi connectivity index (χ1v) is 5.04. The molecular formula is C11H12ClF3O. The maximum atomic E-state index is 12.4. The van der Waals surface area contributed by atoms with Gasteiger partial charge in [0.1, 0.15) is 0 Å². The number of hydrogen-bond donors (Lipinski definition) is 1. The Hall–Kier alpha value is -0.740. The zero-order chi connectivity index (χ0) is 12.6. The third-order valence-electron chi connectivity index (χ3n) is 2.45. The average molecular weight is 253 g/mol. The number of halogens is 4. The summed E-state index contributed by atoms with van der Waals surface area (Å²) in [6, 6.07) is 3.53. The minimum Gasteiger partial charge on any atom is -0.395 e. The molecule has 1 rings (SSSR count). The molecule has 0 aliphatic rings. The van der Waals surface area contributed by atoms with Crippen LogP contribution in [0.1, 0.15) is 25.0 Å². The van der Waals surface area contributed by atoms with Crippen molar-refractivity contribution in [3.63, 3.8) is 0 Å².